The smallest absolute Gasteiger partial charge is 0.283 e. The van der Waals surface area contributed by atoms with E-state index in [9.17, 15) is 4.79 Å². The summed E-state index contributed by atoms with van der Waals surface area (Å²) in [5.41, 5.74) is 0.862. The van der Waals surface area contributed by atoms with Gasteiger partial charge in [0.25, 0.3) is 5.56 Å². The normalized spacial score (nSPS) is 16.3. The SMILES string of the molecule is CC(C)Cn1ncc(N2CCNCC2)c(Br)c1=O. The molecule has 18 heavy (non-hydrogen) atoms. The molecule has 0 saturated carbocycles. The third-order valence-electron chi connectivity index (χ3n) is 2.96. The molecule has 1 N–H and O–H groups in total. The number of hydrogen-bond acceptors (Lipinski definition) is 4. The van der Waals surface area contributed by atoms with Crippen molar-refractivity contribution >= 4 is 21.6 Å². The number of hydrogen-bond donors (Lipinski definition) is 1. The van der Waals surface area contributed by atoms with Crippen molar-refractivity contribution in [2.45, 2.75) is 20.4 Å². The van der Waals surface area contributed by atoms with Crippen LogP contribution in [0, 0.1) is 5.92 Å². The highest BCUT2D eigenvalue weighted by atomic mass is 79.9. The van der Waals surface area contributed by atoms with Gasteiger partial charge in [-0.15, -0.1) is 0 Å². The topological polar surface area (TPSA) is 50.2 Å². The quantitative estimate of drug-likeness (QED) is 0.907. The molecule has 5 nitrogen and oxygen atoms in total. The van der Waals surface area contributed by atoms with Crippen molar-refractivity contribution in [1.29, 1.82) is 0 Å². The molecule has 2 rings (SSSR count). The Morgan fingerprint density at radius 3 is 2.72 bits per heavy atom. The maximum atomic E-state index is 12.2. The molecule has 100 valence electrons. The van der Waals surface area contributed by atoms with E-state index in [4.69, 9.17) is 0 Å². The molecule has 2 heterocycles. The van der Waals surface area contributed by atoms with Gasteiger partial charge in [0.1, 0.15) is 4.47 Å². The standard InChI is InChI=1S/C12H19BrN4O/c1-9(2)8-17-12(18)11(13)10(7-15-17)16-5-3-14-4-6-16/h7,9,14H,3-6,8H2,1-2H3. The Kier molecular flexibility index (Phi) is 4.40. The molecule has 1 fully saturated rings. The maximum absolute atomic E-state index is 12.2. The van der Waals surface area contributed by atoms with Crippen molar-refractivity contribution in [3.05, 3.63) is 21.0 Å². The molecule has 0 aliphatic carbocycles. The van der Waals surface area contributed by atoms with E-state index in [1.54, 1.807) is 6.20 Å². The summed E-state index contributed by atoms with van der Waals surface area (Å²) in [4.78, 5) is 14.4. The first-order valence-corrected chi connectivity index (χ1v) is 7.10. The third kappa shape index (κ3) is 2.92. The van der Waals surface area contributed by atoms with E-state index in [0.29, 0.717) is 16.9 Å². The summed E-state index contributed by atoms with van der Waals surface area (Å²) in [7, 11) is 0. The number of nitrogens with zero attached hydrogens (tertiary/aromatic N) is 3. The van der Waals surface area contributed by atoms with Crippen LogP contribution < -0.4 is 15.8 Å². The Bertz CT molecular complexity index is 466. The number of nitrogens with one attached hydrogen (secondary N) is 1. The molecule has 0 radical (unpaired) electrons. The first kappa shape index (κ1) is 13.5. The van der Waals surface area contributed by atoms with E-state index in [0.717, 1.165) is 31.9 Å². The van der Waals surface area contributed by atoms with E-state index in [1.807, 2.05) is 0 Å². The van der Waals surface area contributed by atoms with Crippen LogP contribution in [0.3, 0.4) is 0 Å². The number of aromatic nitrogens is 2. The molecular formula is C12H19BrN4O. The zero-order valence-corrected chi connectivity index (χ0v) is 12.4. The van der Waals surface area contributed by atoms with E-state index in [2.05, 4.69) is 45.1 Å². The van der Waals surface area contributed by atoms with Gasteiger partial charge < -0.3 is 10.2 Å². The molecule has 0 unspecified atom stereocenters. The second-order valence-electron chi connectivity index (χ2n) is 4.96. The van der Waals surface area contributed by atoms with Crippen LogP contribution in [0.2, 0.25) is 0 Å². The van der Waals surface area contributed by atoms with Crippen LogP contribution in [0.25, 0.3) is 0 Å². The molecule has 6 heteroatoms. The Morgan fingerprint density at radius 2 is 2.11 bits per heavy atom. The molecular weight excluding hydrogens is 296 g/mol. The van der Waals surface area contributed by atoms with Gasteiger partial charge in [0.15, 0.2) is 0 Å². The fraction of sp³-hybridized carbons (Fsp3) is 0.667. The van der Waals surface area contributed by atoms with Crippen molar-refractivity contribution in [1.82, 2.24) is 15.1 Å². The summed E-state index contributed by atoms with van der Waals surface area (Å²) in [6.45, 7) is 8.52. The Morgan fingerprint density at radius 1 is 1.44 bits per heavy atom. The van der Waals surface area contributed by atoms with Crippen LogP contribution >= 0.6 is 15.9 Å². The predicted octanol–water partition coefficient (Wildman–Crippen LogP) is 1.07. The van der Waals surface area contributed by atoms with Crippen LogP contribution in [0.1, 0.15) is 13.8 Å². The van der Waals surface area contributed by atoms with Gasteiger partial charge in [-0.2, -0.15) is 5.10 Å². The van der Waals surface area contributed by atoms with E-state index < -0.39 is 0 Å². The second-order valence-corrected chi connectivity index (χ2v) is 5.75. The molecule has 1 aliphatic rings. The lowest BCUT2D eigenvalue weighted by molar-refractivity contribution is 0.461. The molecule has 0 atom stereocenters. The molecule has 0 amide bonds. The third-order valence-corrected chi connectivity index (χ3v) is 3.71. The minimum Gasteiger partial charge on any atom is -0.367 e. The van der Waals surface area contributed by atoms with Gasteiger partial charge in [0, 0.05) is 32.7 Å². The van der Waals surface area contributed by atoms with Crippen molar-refractivity contribution in [2.24, 2.45) is 5.92 Å². The number of piperazine rings is 1. The Hall–Kier alpha value is -0.880. The fourth-order valence-electron chi connectivity index (χ4n) is 2.06. The van der Waals surface area contributed by atoms with Gasteiger partial charge in [-0.1, -0.05) is 13.8 Å². The van der Waals surface area contributed by atoms with Crippen molar-refractivity contribution in [2.75, 3.05) is 31.1 Å². The lowest BCUT2D eigenvalue weighted by Crippen LogP contribution is -2.44. The summed E-state index contributed by atoms with van der Waals surface area (Å²) in [5, 5.41) is 7.56. The summed E-state index contributed by atoms with van der Waals surface area (Å²) in [6, 6.07) is 0. The van der Waals surface area contributed by atoms with Crippen molar-refractivity contribution < 1.29 is 0 Å². The van der Waals surface area contributed by atoms with Crippen LogP contribution in [0.15, 0.2) is 15.5 Å². The van der Waals surface area contributed by atoms with E-state index in [1.165, 1.54) is 4.68 Å². The molecule has 1 aliphatic heterocycles. The second kappa shape index (κ2) is 5.84. The van der Waals surface area contributed by atoms with Gasteiger partial charge in [-0.25, -0.2) is 4.68 Å². The average Bonchev–Trinajstić information content (AvgIpc) is 2.36. The van der Waals surface area contributed by atoms with Gasteiger partial charge in [0.2, 0.25) is 0 Å². The van der Waals surface area contributed by atoms with Crippen molar-refractivity contribution in [3.63, 3.8) is 0 Å². The van der Waals surface area contributed by atoms with Gasteiger partial charge in [-0.3, -0.25) is 4.79 Å². The highest BCUT2D eigenvalue weighted by Crippen LogP contribution is 2.21. The largest absolute Gasteiger partial charge is 0.367 e. The highest BCUT2D eigenvalue weighted by molar-refractivity contribution is 9.10. The average molecular weight is 315 g/mol. The minimum atomic E-state index is -0.0419. The molecule has 1 aromatic rings. The molecule has 1 saturated heterocycles. The Balaban J connectivity index is 2.28. The van der Waals surface area contributed by atoms with Gasteiger partial charge in [-0.05, 0) is 21.8 Å². The number of halogens is 1. The maximum Gasteiger partial charge on any atom is 0.283 e. The minimum absolute atomic E-state index is 0.0419. The molecule has 0 bridgehead atoms. The highest BCUT2D eigenvalue weighted by Gasteiger charge is 2.17. The Labute approximate surface area is 115 Å². The fourth-order valence-corrected chi connectivity index (χ4v) is 2.62. The lowest BCUT2D eigenvalue weighted by Gasteiger charge is -2.29. The zero-order chi connectivity index (χ0) is 13.1. The van der Waals surface area contributed by atoms with Crippen LogP contribution in [-0.4, -0.2) is 36.0 Å². The zero-order valence-electron chi connectivity index (χ0n) is 10.8. The predicted molar refractivity (Wildman–Crippen MR) is 76.1 cm³/mol. The monoisotopic (exact) mass is 314 g/mol. The van der Waals surface area contributed by atoms with Gasteiger partial charge in [0.05, 0.1) is 11.9 Å². The first-order valence-electron chi connectivity index (χ1n) is 6.31. The first-order chi connectivity index (χ1) is 8.59. The summed E-state index contributed by atoms with van der Waals surface area (Å²) < 4.78 is 2.15. The number of rotatable bonds is 3. The molecule has 1 aromatic heterocycles. The van der Waals surface area contributed by atoms with Crippen LogP contribution in [0.5, 0.6) is 0 Å². The summed E-state index contributed by atoms with van der Waals surface area (Å²) in [5.74, 6) is 0.409. The van der Waals surface area contributed by atoms with Crippen LogP contribution in [0.4, 0.5) is 5.69 Å². The van der Waals surface area contributed by atoms with Gasteiger partial charge >= 0.3 is 0 Å². The van der Waals surface area contributed by atoms with Crippen LogP contribution in [-0.2, 0) is 6.54 Å². The van der Waals surface area contributed by atoms with E-state index >= 15 is 0 Å². The summed E-state index contributed by atoms with van der Waals surface area (Å²) in [6.07, 6.45) is 1.79. The van der Waals surface area contributed by atoms with Crippen molar-refractivity contribution in [3.8, 4) is 0 Å². The summed E-state index contributed by atoms with van der Waals surface area (Å²) >= 11 is 3.42. The van der Waals surface area contributed by atoms with E-state index in [-0.39, 0.29) is 5.56 Å². The number of anilines is 1. The molecule has 0 spiro atoms. The lowest BCUT2D eigenvalue weighted by atomic mass is 10.2. The molecule has 0 aromatic carbocycles.